The molecule has 0 saturated heterocycles. The zero-order valence-electron chi connectivity index (χ0n) is 11.9. The van der Waals surface area contributed by atoms with Gasteiger partial charge in [-0.1, -0.05) is 26.7 Å². The summed E-state index contributed by atoms with van der Waals surface area (Å²) in [6, 6.07) is 2.86. The number of aromatic carboxylic acids is 1. The SMILES string of the molecule is CC(C)C1CCCCC1NC(=O)c1ccc(C(=O)O)o1. The van der Waals surface area contributed by atoms with E-state index in [1.54, 1.807) is 0 Å². The molecule has 2 N–H and O–H groups in total. The van der Waals surface area contributed by atoms with Crippen LogP contribution in [0.2, 0.25) is 0 Å². The van der Waals surface area contributed by atoms with Crippen molar-refractivity contribution < 1.29 is 19.1 Å². The molecule has 1 aliphatic carbocycles. The smallest absolute Gasteiger partial charge is 0.371 e. The lowest BCUT2D eigenvalue weighted by Crippen LogP contribution is -2.43. The zero-order chi connectivity index (χ0) is 14.7. The summed E-state index contributed by atoms with van der Waals surface area (Å²) in [6.07, 6.45) is 4.42. The Balaban J connectivity index is 2.03. The van der Waals surface area contributed by atoms with E-state index < -0.39 is 5.97 Å². The molecule has 2 rings (SSSR count). The average Bonchev–Trinajstić information content (AvgIpc) is 2.89. The number of carbonyl (C=O) groups is 2. The van der Waals surface area contributed by atoms with Crippen LogP contribution in [0.3, 0.4) is 0 Å². The van der Waals surface area contributed by atoms with Gasteiger partial charge in [0.2, 0.25) is 5.76 Å². The van der Waals surface area contributed by atoms with E-state index in [2.05, 4.69) is 19.2 Å². The lowest BCUT2D eigenvalue weighted by molar-refractivity contribution is 0.0658. The predicted octanol–water partition coefficient (Wildman–Crippen LogP) is 2.92. The van der Waals surface area contributed by atoms with Crippen LogP contribution in [0, 0.1) is 11.8 Å². The van der Waals surface area contributed by atoms with Gasteiger partial charge in [0, 0.05) is 6.04 Å². The van der Waals surface area contributed by atoms with E-state index in [4.69, 9.17) is 9.52 Å². The zero-order valence-corrected chi connectivity index (χ0v) is 11.9. The molecule has 1 saturated carbocycles. The van der Waals surface area contributed by atoms with E-state index in [0.717, 1.165) is 19.3 Å². The average molecular weight is 279 g/mol. The summed E-state index contributed by atoms with van der Waals surface area (Å²) in [5.41, 5.74) is 0. The van der Waals surface area contributed by atoms with E-state index in [1.165, 1.54) is 18.6 Å². The Bertz CT molecular complexity index is 492. The van der Waals surface area contributed by atoms with Gasteiger partial charge in [0.05, 0.1) is 0 Å². The molecule has 1 aromatic heterocycles. The summed E-state index contributed by atoms with van der Waals surface area (Å²) in [6.45, 7) is 4.34. The molecule has 0 aliphatic heterocycles. The minimum Gasteiger partial charge on any atom is -0.475 e. The Morgan fingerprint density at radius 2 is 1.90 bits per heavy atom. The second kappa shape index (κ2) is 6.11. The van der Waals surface area contributed by atoms with Gasteiger partial charge in [0.25, 0.3) is 5.91 Å². The highest BCUT2D eigenvalue weighted by atomic mass is 16.4. The summed E-state index contributed by atoms with van der Waals surface area (Å²) in [4.78, 5) is 22.9. The maximum absolute atomic E-state index is 12.1. The first-order valence-corrected chi connectivity index (χ1v) is 7.13. The van der Waals surface area contributed by atoms with Crippen LogP contribution in [-0.2, 0) is 0 Å². The number of carboxylic acids is 1. The van der Waals surface area contributed by atoms with Crippen LogP contribution in [0.1, 0.15) is 60.6 Å². The van der Waals surface area contributed by atoms with Crippen molar-refractivity contribution in [1.29, 1.82) is 0 Å². The fraction of sp³-hybridized carbons (Fsp3) is 0.600. The fourth-order valence-corrected chi connectivity index (χ4v) is 2.95. The van der Waals surface area contributed by atoms with Crippen molar-refractivity contribution in [3.05, 3.63) is 23.7 Å². The van der Waals surface area contributed by atoms with E-state index in [1.807, 2.05) is 0 Å². The first kappa shape index (κ1) is 14.6. The van der Waals surface area contributed by atoms with Gasteiger partial charge in [-0.25, -0.2) is 4.79 Å². The van der Waals surface area contributed by atoms with Gasteiger partial charge >= 0.3 is 5.97 Å². The monoisotopic (exact) mass is 279 g/mol. The van der Waals surface area contributed by atoms with Crippen LogP contribution in [0.4, 0.5) is 0 Å². The number of furan rings is 1. The molecule has 2 atom stereocenters. The molecule has 0 radical (unpaired) electrons. The standard InChI is InChI=1S/C15H21NO4/c1-9(2)10-5-3-4-6-11(10)16-14(17)12-7-8-13(20-12)15(18)19/h7-11H,3-6H2,1-2H3,(H,16,17)(H,18,19). The van der Waals surface area contributed by atoms with Crippen LogP contribution >= 0.6 is 0 Å². The topological polar surface area (TPSA) is 79.5 Å². The molecule has 1 aliphatic rings. The molecule has 1 amide bonds. The lowest BCUT2D eigenvalue weighted by Gasteiger charge is -2.34. The highest BCUT2D eigenvalue weighted by molar-refractivity contribution is 5.93. The third-order valence-corrected chi connectivity index (χ3v) is 4.03. The molecule has 2 unspecified atom stereocenters. The second-order valence-corrected chi connectivity index (χ2v) is 5.74. The summed E-state index contributed by atoms with van der Waals surface area (Å²) >= 11 is 0. The van der Waals surface area contributed by atoms with Crippen LogP contribution in [0.25, 0.3) is 0 Å². The van der Waals surface area contributed by atoms with Crippen LogP contribution in [-0.4, -0.2) is 23.0 Å². The van der Waals surface area contributed by atoms with Crippen molar-refractivity contribution in [1.82, 2.24) is 5.32 Å². The third-order valence-electron chi connectivity index (χ3n) is 4.03. The molecule has 0 spiro atoms. The fourth-order valence-electron chi connectivity index (χ4n) is 2.95. The molecule has 5 nitrogen and oxygen atoms in total. The first-order valence-electron chi connectivity index (χ1n) is 7.13. The van der Waals surface area contributed by atoms with Gasteiger partial charge < -0.3 is 14.8 Å². The molecule has 20 heavy (non-hydrogen) atoms. The van der Waals surface area contributed by atoms with Crippen molar-refractivity contribution in [3.63, 3.8) is 0 Å². The van der Waals surface area contributed by atoms with Crippen molar-refractivity contribution >= 4 is 11.9 Å². The minimum atomic E-state index is -1.17. The van der Waals surface area contributed by atoms with E-state index in [9.17, 15) is 9.59 Å². The number of carboxylic acid groups (broad SMARTS) is 1. The number of carbonyl (C=O) groups excluding carboxylic acids is 1. The van der Waals surface area contributed by atoms with Crippen LogP contribution < -0.4 is 5.32 Å². The normalized spacial score (nSPS) is 22.8. The predicted molar refractivity (Wildman–Crippen MR) is 73.7 cm³/mol. The highest BCUT2D eigenvalue weighted by Gasteiger charge is 2.29. The van der Waals surface area contributed by atoms with Crippen molar-refractivity contribution in [2.24, 2.45) is 11.8 Å². The Labute approximate surface area is 118 Å². The van der Waals surface area contributed by atoms with E-state index in [-0.39, 0.29) is 23.5 Å². The van der Waals surface area contributed by atoms with Gasteiger partial charge in [-0.15, -0.1) is 0 Å². The molecular formula is C15H21NO4. The molecule has 5 heteroatoms. The van der Waals surface area contributed by atoms with Crippen LogP contribution in [0.5, 0.6) is 0 Å². The van der Waals surface area contributed by atoms with Gasteiger partial charge in [-0.05, 0) is 36.8 Å². The molecule has 0 bridgehead atoms. The molecule has 1 aromatic rings. The third kappa shape index (κ3) is 3.21. The number of hydrogen-bond donors (Lipinski definition) is 2. The molecule has 110 valence electrons. The molecular weight excluding hydrogens is 258 g/mol. The largest absolute Gasteiger partial charge is 0.475 e. The highest BCUT2D eigenvalue weighted by Crippen LogP contribution is 2.30. The number of hydrogen-bond acceptors (Lipinski definition) is 3. The Morgan fingerprint density at radius 3 is 2.50 bits per heavy atom. The molecule has 0 aromatic carbocycles. The summed E-state index contributed by atoms with van der Waals surface area (Å²) in [5, 5.41) is 11.8. The van der Waals surface area contributed by atoms with Crippen LogP contribution in [0.15, 0.2) is 16.5 Å². The lowest BCUT2D eigenvalue weighted by atomic mass is 9.78. The number of amides is 1. The minimum absolute atomic E-state index is 0.0653. The first-order chi connectivity index (χ1) is 9.49. The van der Waals surface area contributed by atoms with Gasteiger partial charge in [-0.3, -0.25) is 4.79 Å². The van der Waals surface area contributed by atoms with Crippen molar-refractivity contribution in [3.8, 4) is 0 Å². The Hall–Kier alpha value is -1.78. The van der Waals surface area contributed by atoms with E-state index in [0.29, 0.717) is 11.8 Å². The maximum atomic E-state index is 12.1. The van der Waals surface area contributed by atoms with E-state index >= 15 is 0 Å². The summed E-state index contributed by atoms with van der Waals surface area (Å²) in [7, 11) is 0. The molecule has 1 fully saturated rings. The Morgan fingerprint density at radius 1 is 1.25 bits per heavy atom. The van der Waals surface area contributed by atoms with Gasteiger partial charge in [0.1, 0.15) is 0 Å². The van der Waals surface area contributed by atoms with Crippen molar-refractivity contribution in [2.75, 3.05) is 0 Å². The second-order valence-electron chi connectivity index (χ2n) is 5.74. The molecule has 1 heterocycles. The van der Waals surface area contributed by atoms with Gasteiger partial charge in [-0.2, -0.15) is 0 Å². The number of rotatable bonds is 4. The summed E-state index contributed by atoms with van der Waals surface area (Å²) < 4.78 is 5.03. The van der Waals surface area contributed by atoms with Gasteiger partial charge in [0.15, 0.2) is 5.76 Å². The maximum Gasteiger partial charge on any atom is 0.371 e. The van der Waals surface area contributed by atoms with Crippen molar-refractivity contribution in [2.45, 2.75) is 45.6 Å². The Kier molecular flexibility index (Phi) is 4.47. The summed E-state index contributed by atoms with van der Waals surface area (Å²) in [5.74, 6) is -0.639. The quantitative estimate of drug-likeness (QED) is 0.888. The number of nitrogens with one attached hydrogen (secondary N) is 1.